The number of piperidine rings is 1. The molecule has 0 bridgehead atoms. The summed E-state index contributed by atoms with van der Waals surface area (Å²) in [7, 11) is 0. The van der Waals surface area contributed by atoms with E-state index in [4.69, 9.17) is 10.1 Å². The third-order valence-electron chi connectivity index (χ3n) is 7.68. The molecule has 0 unspecified atom stereocenters. The van der Waals surface area contributed by atoms with Crippen molar-refractivity contribution < 1.29 is 18.0 Å². The van der Waals surface area contributed by atoms with Gasteiger partial charge in [-0.25, -0.2) is 9.50 Å². The van der Waals surface area contributed by atoms with Crippen LogP contribution >= 0.6 is 0 Å². The Balaban J connectivity index is 1.71. The molecular formula is C24H33F3N4O. The number of carbonyl (C=O) groups is 1. The second-order valence-corrected chi connectivity index (χ2v) is 9.68. The van der Waals surface area contributed by atoms with E-state index in [0.717, 1.165) is 47.7 Å². The van der Waals surface area contributed by atoms with Gasteiger partial charge >= 0.3 is 6.18 Å². The predicted octanol–water partition coefficient (Wildman–Crippen LogP) is 5.41. The summed E-state index contributed by atoms with van der Waals surface area (Å²) in [6, 6.07) is 1.96. The van der Waals surface area contributed by atoms with Crippen LogP contribution in [0.25, 0.3) is 5.65 Å². The number of carbonyl (C=O) groups excluding carboxylic acids is 1. The fourth-order valence-electron chi connectivity index (χ4n) is 5.64. The molecule has 1 aliphatic carbocycles. The van der Waals surface area contributed by atoms with E-state index in [2.05, 4.69) is 13.8 Å². The third-order valence-corrected chi connectivity index (χ3v) is 7.68. The number of fused-ring (bicyclic) bond motifs is 1. The minimum absolute atomic E-state index is 0.0334. The quantitative estimate of drug-likeness (QED) is 0.628. The van der Waals surface area contributed by atoms with Gasteiger partial charge in [-0.3, -0.25) is 4.79 Å². The first-order chi connectivity index (χ1) is 15.1. The molecule has 2 aliphatic rings. The summed E-state index contributed by atoms with van der Waals surface area (Å²) in [5.74, 6) is -0.522. The number of aromatic nitrogens is 3. The molecule has 1 amide bonds. The number of nitrogens with zero attached hydrogens (tertiary/aromatic N) is 4. The number of rotatable bonds is 3. The van der Waals surface area contributed by atoms with E-state index in [1.54, 1.807) is 6.92 Å². The van der Waals surface area contributed by atoms with Crippen molar-refractivity contribution >= 4 is 11.6 Å². The maximum absolute atomic E-state index is 13.1. The normalized spacial score (nSPS) is 27.2. The molecule has 0 radical (unpaired) electrons. The molecule has 1 aliphatic heterocycles. The van der Waals surface area contributed by atoms with E-state index in [-0.39, 0.29) is 30.6 Å². The Morgan fingerprint density at radius 1 is 1.19 bits per heavy atom. The van der Waals surface area contributed by atoms with Gasteiger partial charge in [-0.15, -0.1) is 0 Å². The minimum atomic E-state index is -4.11. The highest BCUT2D eigenvalue weighted by molar-refractivity contribution is 5.73. The van der Waals surface area contributed by atoms with E-state index in [1.807, 2.05) is 22.4 Å². The number of amides is 1. The largest absolute Gasteiger partial charge is 0.391 e. The van der Waals surface area contributed by atoms with Gasteiger partial charge in [0.15, 0.2) is 5.65 Å². The molecular weight excluding hydrogens is 417 g/mol. The Kier molecular flexibility index (Phi) is 6.25. The first-order valence-electron chi connectivity index (χ1n) is 11.8. The minimum Gasteiger partial charge on any atom is -0.342 e. The lowest BCUT2D eigenvalue weighted by Gasteiger charge is -2.37. The molecule has 0 spiro atoms. The van der Waals surface area contributed by atoms with Crippen LogP contribution in [0.3, 0.4) is 0 Å². The van der Waals surface area contributed by atoms with Crippen LogP contribution in [0.1, 0.15) is 87.4 Å². The van der Waals surface area contributed by atoms with Crippen molar-refractivity contribution in [3.63, 3.8) is 0 Å². The summed E-state index contributed by atoms with van der Waals surface area (Å²) in [4.78, 5) is 18.8. The van der Waals surface area contributed by atoms with E-state index >= 15 is 0 Å². The van der Waals surface area contributed by atoms with E-state index in [0.29, 0.717) is 25.3 Å². The number of aryl methyl sites for hydroxylation is 1. The average molecular weight is 451 g/mol. The fourth-order valence-corrected chi connectivity index (χ4v) is 5.64. The van der Waals surface area contributed by atoms with Gasteiger partial charge in [0.2, 0.25) is 5.91 Å². The molecule has 1 saturated carbocycles. The molecule has 5 nitrogen and oxygen atoms in total. The molecule has 32 heavy (non-hydrogen) atoms. The summed E-state index contributed by atoms with van der Waals surface area (Å²) < 4.78 is 41.2. The zero-order valence-corrected chi connectivity index (χ0v) is 19.4. The van der Waals surface area contributed by atoms with Crippen molar-refractivity contribution in [2.24, 2.45) is 11.8 Å². The van der Waals surface area contributed by atoms with Gasteiger partial charge in [-0.1, -0.05) is 13.8 Å². The molecule has 2 aromatic heterocycles. The smallest absolute Gasteiger partial charge is 0.342 e. The third kappa shape index (κ3) is 4.25. The lowest BCUT2D eigenvalue weighted by atomic mass is 9.80. The Morgan fingerprint density at radius 3 is 2.47 bits per heavy atom. The standard InChI is InChI=1S/C24H33F3N4O/c1-5-19-15(3)28-22-12-21(17-6-8-18(9-7-17)24(25,26)27)29-31(22)23(19)20-13-30(16(4)32)11-10-14(20)2/h12,14,17-18,20H,5-11,13H2,1-4H3/t14-,17?,18?,20+/m1/s1. The second kappa shape index (κ2) is 8.67. The van der Waals surface area contributed by atoms with Gasteiger partial charge in [-0.05, 0) is 56.9 Å². The monoisotopic (exact) mass is 450 g/mol. The van der Waals surface area contributed by atoms with Crippen LogP contribution in [0.2, 0.25) is 0 Å². The molecule has 2 fully saturated rings. The van der Waals surface area contributed by atoms with Crippen molar-refractivity contribution in [1.29, 1.82) is 0 Å². The number of hydrogen-bond acceptors (Lipinski definition) is 3. The Morgan fingerprint density at radius 2 is 1.88 bits per heavy atom. The summed E-state index contributed by atoms with van der Waals surface area (Å²) in [5.41, 5.74) is 4.85. The van der Waals surface area contributed by atoms with Crippen LogP contribution in [-0.4, -0.2) is 44.7 Å². The topological polar surface area (TPSA) is 50.5 Å². The molecule has 3 heterocycles. The van der Waals surface area contributed by atoms with Crippen LogP contribution in [0.5, 0.6) is 0 Å². The number of alkyl halides is 3. The van der Waals surface area contributed by atoms with E-state index < -0.39 is 12.1 Å². The van der Waals surface area contributed by atoms with Gasteiger partial charge in [0.05, 0.1) is 17.3 Å². The molecule has 4 rings (SSSR count). The Bertz CT molecular complexity index is 991. The van der Waals surface area contributed by atoms with E-state index in [9.17, 15) is 18.0 Å². The molecule has 8 heteroatoms. The van der Waals surface area contributed by atoms with Crippen LogP contribution in [0.4, 0.5) is 13.2 Å². The second-order valence-electron chi connectivity index (χ2n) is 9.68. The van der Waals surface area contributed by atoms with Crippen LogP contribution < -0.4 is 0 Å². The number of halogens is 3. The summed E-state index contributed by atoms with van der Waals surface area (Å²) in [5, 5.41) is 4.92. The highest BCUT2D eigenvalue weighted by Crippen LogP contribution is 2.43. The highest BCUT2D eigenvalue weighted by atomic mass is 19.4. The molecule has 2 atom stereocenters. The summed E-state index contributed by atoms with van der Waals surface area (Å²) in [6.07, 6.45) is -1.03. The van der Waals surface area contributed by atoms with Gasteiger partial charge in [0, 0.05) is 43.6 Å². The molecule has 0 aromatic carbocycles. The van der Waals surface area contributed by atoms with Crippen molar-refractivity contribution in [2.45, 2.75) is 84.2 Å². The van der Waals surface area contributed by atoms with Gasteiger partial charge < -0.3 is 4.90 Å². The molecule has 0 N–H and O–H groups in total. The zero-order valence-electron chi connectivity index (χ0n) is 19.4. The Labute approximate surface area is 187 Å². The predicted molar refractivity (Wildman–Crippen MR) is 117 cm³/mol. The molecule has 176 valence electrons. The maximum Gasteiger partial charge on any atom is 0.391 e. The summed E-state index contributed by atoms with van der Waals surface area (Å²) in [6.45, 7) is 9.40. The highest BCUT2D eigenvalue weighted by Gasteiger charge is 2.42. The first kappa shape index (κ1) is 23.1. The van der Waals surface area contributed by atoms with Crippen molar-refractivity contribution in [1.82, 2.24) is 19.5 Å². The SMILES string of the molecule is CCc1c(C)nc2cc(C3CCC(C(F)(F)F)CC3)nn2c1[C@H]1CN(C(C)=O)CC[C@H]1C. The van der Waals surface area contributed by atoms with Crippen LogP contribution in [0.15, 0.2) is 6.07 Å². The van der Waals surface area contributed by atoms with Gasteiger partial charge in [-0.2, -0.15) is 18.3 Å². The number of likely N-dealkylation sites (tertiary alicyclic amines) is 1. The lowest BCUT2D eigenvalue weighted by Crippen LogP contribution is -2.42. The van der Waals surface area contributed by atoms with Crippen LogP contribution in [0, 0.1) is 18.8 Å². The Hall–Kier alpha value is -2.12. The fraction of sp³-hybridized carbons (Fsp3) is 0.708. The first-order valence-corrected chi connectivity index (χ1v) is 11.8. The van der Waals surface area contributed by atoms with Gasteiger partial charge in [0.1, 0.15) is 0 Å². The van der Waals surface area contributed by atoms with Gasteiger partial charge in [0.25, 0.3) is 0 Å². The molecule has 1 saturated heterocycles. The maximum atomic E-state index is 13.1. The van der Waals surface area contributed by atoms with Crippen molar-refractivity contribution in [2.75, 3.05) is 13.1 Å². The van der Waals surface area contributed by atoms with E-state index in [1.165, 1.54) is 0 Å². The summed E-state index contributed by atoms with van der Waals surface area (Å²) >= 11 is 0. The van der Waals surface area contributed by atoms with Crippen LogP contribution in [-0.2, 0) is 11.2 Å². The van der Waals surface area contributed by atoms with Crippen molar-refractivity contribution in [3.8, 4) is 0 Å². The number of hydrogen-bond donors (Lipinski definition) is 0. The average Bonchev–Trinajstić information content (AvgIpc) is 3.16. The zero-order chi connectivity index (χ0) is 23.2. The lowest BCUT2D eigenvalue weighted by molar-refractivity contribution is -0.182. The van der Waals surface area contributed by atoms with Crippen molar-refractivity contribution in [3.05, 3.63) is 28.7 Å². The molecule has 2 aromatic rings.